The first-order chi connectivity index (χ1) is 9.52. The summed E-state index contributed by atoms with van der Waals surface area (Å²) in [6.45, 7) is 0. The van der Waals surface area contributed by atoms with Crippen molar-refractivity contribution in [3.8, 4) is 11.5 Å². The zero-order valence-electron chi connectivity index (χ0n) is 9.98. The molecule has 0 amide bonds. The molecule has 0 heterocycles. The number of benzene rings is 2. The summed E-state index contributed by atoms with van der Waals surface area (Å²) in [5.74, 6) is 0.592. The zero-order chi connectivity index (χ0) is 14.7. The van der Waals surface area contributed by atoms with E-state index in [4.69, 9.17) is 16.3 Å². The van der Waals surface area contributed by atoms with Crippen LogP contribution in [0.5, 0.6) is 11.5 Å². The molecule has 0 saturated heterocycles. The number of ether oxygens (including phenoxy) is 1. The van der Waals surface area contributed by atoms with Gasteiger partial charge in [-0.15, -0.1) is 0 Å². The Hall–Kier alpha value is -1.11. The fraction of sp³-hybridized carbons (Fsp3) is 0.0769. The SMILES string of the molecule is O=[N+]([O-])c1cccc(Br)c1Oc1ccc(CBr)c(Cl)c1. The Bertz CT molecular complexity index is 664. The van der Waals surface area contributed by atoms with Crippen molar-refractivity contribution in [3.63, 3.8) is 0 Å². The number of nitro groups is 1. The minimum Gasteiger partial charge on any atom is -0.449 e. The number of hydrogen-bond acceptors (Lipinski definition) is 3. The van der Waals surface area contributed by atoms with Gasteiger partial charge < -0.3 is 4.74 Å². The molecule has 0 spiro atoms. The van der Waals surface area contributed by atoms with Crippen LogP contribution >= 0.6 is 43.5 Å². The second kappa shape index (κ2) is 6.56. The van der Waals surface area contributed by atoms with Gasteiger partial charge in [0.1, 0.15) is 5.75 Å². The van der Waals surface area contributed by atoms with Crippen LogP contribution in [0.15, 0.2) is 40.9 Å². The van der Waals surface area contributed by atoms with Crippen LogP contribution in [0.25, 0.3) is 0 Å². The molecule has 4 nitrogen and oxygen atoms in total. The summed E-state index contributed by atoms with van der Waals surface area (Å²) >= 11 is 12.7. The highest BCUT2D eigenvalue weighted by molar-refractivity contribution is 9.10. The van der Waals surface area contributed by atoms with Gasteiger partial charge in [0.25, 0.3) is 0 Å². The van der Waals surface area contributed by atoms with Crippen LogP contribution in [0.3, 0.4) is 0 Å². The summed E-state index contributed by atoms with van der Waals surface area (Å²) in [6.07, 6.45) is 0. The highest BCUT2D eigenvalue weighted by atomic mass is 79.9. The largest absolute Gasteiger partial charge is 0.449 e. The summed E-state index contributed by atoms with van der Waals surface area (Å²) in [4.78, 5) is 10.5. The Morgan fingerprint density at radius 3 is 2.65 bits per heavy atom. The van der Waals surface area contributed by atoms with Crippen molar-refractivity contribution in [2.45, 2.75) is 5.33 Å². The first kappa shape index (κ1) is 15.3. The Balaban J connectivity index is 2.39. The molecule has 0 fully saturated rings. The van der Waals surface area contributed by atoms with Crippen molar-refractivity contribution in [2.24, 2.45) is 0 Å². The lowest BCUT2D eigenvalue weighted by atomic mass is 10.2. The van der Waals surface area contributed by atoms with Crippen LogP contribution in [0.4, 0.5) is 5.69 Å². The molecule has 0 aromatic heterocycles. The van der Waals surface area contributed by atoms with Crippen LogP contribution in [0.2, 0.25) is 5.02 Å². The molecule has 2 aromatic rings. The fourth-order valence-corrected chi connectivity index (χ4v) is 2.88. The molecule has 0 atom stereocenters. The van der Waals surface area contributed by atoms with E-state index in [1.807, 2.05) is 0 Å². The van der Waals surface area contributed by atoms with Gasteiger partial charge in [-0.3, -0.25) is 10.1 Å². The second-order valence-electron chi connectivity index (χ2n) is 3.83. The van der Waals surface area contributed by atoms with Gasteiger partial charge in [0, 0.05) is 16.4 Å². The summed E-state index contributed by atoms with van der Waals surface area (Å²) in [6, 6.07) is 9.78. The highest BCUT2D eigenvalue weighted by Gasteiger charge is 2.19. The van der Waals surface area contributed by atoms with Crippen LogP contribution in [0.1, 0.15) is 5.56 Å². The van der Waals surface area contributed by atoms with Crippen LogP contribution < -0.4 is 4.74 Å². The van der Waals surface area contributed by atoms with Gasteiger partial charge in [0.2, 0.25) is 5.75 Å². The summed E-state index contributed by atoms with van der Waals surface area (Å²) < 4.78 is 6.10. The van der Waals surface area contributed by atoms with E-state index in [0.29, 0.717) is 20.6 Å². The average Bonchev–Trinajstić information content (AvgIpc) is 2.41. The topological polar surface area (TPSA) is 52.4 Å². The smallest absolute Gasteiger partial charge is 0.312 e. The number of rotatable bonds is 4. The lowest BCUT2D eigenvalue weighted by molar-refractivity contribution is -0.385. The van der Waals surface area contributed by atoms with Gasteiger partial charge in [0.05, 0.1) is 9.40 Å². The number of halogens is 3. The van der Waals surface area contributed by atoms with Crippen LogP contribution in [0, 0.1) is 10.1 Å². The Labute approximate surface area is 137 Å². The van der Waals surface area contributed by atoms with Crippen molar-refractivity contribution in [2.75, 3.05) is 0 Å². The number of nitro benzene ring substituents is 1. The molecule has 2 rings (SSSR count). The third kappa shape index (κ3) is 3.31. The predicted molar refractivity (Wildman–Crippen MR) is 85.0 cm³/mol. The molecule has 20 heavy (non-hydrogen) atoms. The third-order valence-corrected chi connectivity index (χ3v) is 4.11. The van der Waals surface area contributed by atoms with Crippen LogP contribution in [-0.4, -0.2) is 4.92 Å². The van der Waals surface area contributed by atoms with Crippen molar-refractivity contribution in [3.05, 3.63) is 61.6 Å². The van der Waals surface area contributed by atoms with Gasteiger partial charge in [-0.25, -0.2) is 0 Å². The van der Waals surface area contributed by atoms with E-state index in [9.17, 15) is 10.1 Å². The highest BCUT2D eigenvalue weighted by Crippen LogP contribution is 2.38. The van der Waals surface area contributed by atoms with Gasteiger partial charge in [-0.2, -0.15) is 0 Å². The maximum absolute atomic E-state index is 11.0. The first-order valence-electron chi connectivity index (χ1n) is 5.48. The molecule has 0 aliphatic heterocycles. The van der Waals surface area contributed by atoms with E-state index in [1.54, 1.807) is 30.3 Å². The van der Waals surface area contributed by atoms with E-state index >= 15 is 0 Å². The predicted octanol–water partition coefficient (Wildman–Crippen LogP) is 5.70. The quantitative estimate of drug-likeness (QED) is 0.362. The Morgan fingerprint density at radius 1 is 1.30 bits per heavy atom. The lowest BCUT2D eigenvalue weighted by Gasteiger charge is -2.09. The molecule has 0 unspecified atom stereocenters. The third-order valence-electron chi connectivity index (χ3n) is 2.53. The van der Waals surface area contributed by atoms with Gasteiger partial charge in [0.15, 0.2) is 0 Å². The lowest BCUT2D eigenvalue weighted by Crippen LogP contribution is -1.94. The average molecular weight is 421 g/mol. The molecular weight excluding hydrogens is 413 g/mol. The Morgan fingerprint density at radius 2 is 2.05 bits per heavy atom. The van der Waals surface area contributed by atoms with Crippen LogP contribution in [-0.2, 0) is 5.33 Å². The molecule has 0 N–H and O–H groups in total. The van der Waals surface area contributed by atoms with E-state index in [2.05, 4.69) is 31.9 Å². The number of hydrogen-bond donors (Lipinski definition) is 0. The fourth-order valence-electron chi connectivity index (χ4n) is 1.56. The van der Waals surface area contributed by atoms with Crippen molar-refractivity contribution >= 4 is 49.1 Å². The van der Waals surface area contributed by atoms with E-state index in [1.165, 1.54) is 6.07 Å². The van der Waals surface area contributed by atoms with Gasteiger partial charge >= 0.3 is 5.69 Å². The van der Waals surface area contributed by atoms with Gasteiger partial charge in [-0.05, 0) is 39.7 Å². The number of para-hydroxylation sites is 1. The standard InChI is InChI=1S/C13H8Br2ClNO3/c14-7-8-4-5-9(6-11(8)16)20-13-10(15)2-1-3-12(13)17(18)19/h1-6H,7H2. The minimum absolute atomic E-state index is 0.111. The number of alkyl halides is 1. The molecular formula is C13H8Br2ClNO3. The summed E-state index contributed by atoms with van der Waals surface area (Å²) in [5.41, 5.74) is 0.806. The van der Waals surface area contributed by atoms with E-state index in [0.717, 1.165) is 5.56 Å². The monoisotopic (exact) mass is 419 g/mol. The molecule has 0 aliphatic rings. The van der Waals surface area contributed by atoms with E-state index in [-0.39, 0.29) is 11.4 Å². The zero-order valence-corrected chi connectivity index (χ0v) is 13.9. The summed E-state index contributed by atoms with van der Waals surface area (Å²) in [7, 11) is 0. The molecule has 0 bridgehead atoms. The van der Waals surface area contributed by atoms with Gasteiger partial charge in [-0.1, -0.05) is 39.7 Å². The minimum atomic E-state index is -0.492. The van der Waals surface area contributed by atoms with E-state index < -0.39 is 4.92 Å². The first-order valence-corrected chi connectivity index (χ1v) is 7.77. The second-order valence-corrected chi connectivity index (χ2v) is 5.66. The van der Waals surface area contributed by atoms with Crippen molar-refractivity contribution in [1.82, 2.24) is 0 Å². The molecule has 0 radical (unpaired) electrons. The normalized spacial score (nSPS) is 10.3. The molecule has 104 valence electrons. The molecule has 7 heteroatoms. The van der Waals surface area contributed by atoms with Crippen molar-refractivity contribution in [1.29, 1.82) is 0 Å². The summed E-state index contributed by atoms with van der Waals surface area (Å²) in [5, 5.41) is 12.2. The maximum Gasteiger partial charge on any atom is 0.312 e. The van der Waals surface area contributed by atoms with Crippen molar-refractivity contribution < 1.29 is 9.66 Å². The number of nitrogens with zero attached hydrogens (tertiary/aromatic N) is 1. The Kier molecular flexibility index (Phi) is 5.01. The molecule has 0 saturated carbocycles. The molecule has 0 aliphatic carbocycles. The molecule has 2 aromatic carbocycles. The maximum atomic E-state index is 11.0.